The first kappa shape index (κ1) is 14.9. The fraction of sp³-hybridized carbons (Fsp3) is 0.105. The Bertz CT molecular complexity index is 789. The molecule has 4 heteroatoms. The molecule has 0 aliphatic carbocycles. The number of hydrazone groups is 1. The molecule has 0 aliphatic rings. The fourth-order valence-electron chi connectivity index (χ4n) is 2.38. The molecule has 2 aromatic carbocycles. The first-order valence-corrected chi connectivity index (χ1v) is 7.44. The Labute approximate surface area is 136 Å². The summed E-state index contributed by atoms with van der Waals surface area (Å²) in [7, 11) is 1.67. The lowest BCUT2D eigenvalue weighted by Gasteiger charge is -2.06. The zero-order valence-corrected chi connectivity index (χ0v) is 13.2. The summed E-state index contributed by atoms with van der Waals surface area (Å²) in [6.07, 6.45) is 3.88. The van der Waals surface area contributed by atoms with Gasteiger partial charge in [0.25, 0.3) is 0 Å². The first-order valence-electron chi connectivity index (χ1n) is 7.44. The third kappa shape index (κ3) is 3.61. The molecule has 3 rings (SSSR count). The van der Waals surface area contributed by atoms with Gasteiger partial charge >= 0.3 is 0 Å². The summed E-state index contributed by atoms with van der Waals surface area (Å²) in [6.45, 7) is 2.08. The van der Waals surface area contributed by atoms with E-state index in [4.69, 9.17) is 4.74 Å². The van der Waals surface area contributed by atoms with E-state index in [2.05, 4.69) is 34.3 Å². The van der Waals surface area contributed by atoms with E-state index in [0.717, 1.165) is 28.4 Å². The van der Waals surface area contributed by atoms with Crippen LogP contribution in [0.1, 0.15) is 11.3 Å². The highest BCUT2D eigenvalue weighted by Crippen LogP contribution is 2.18. The summed E-state index contributed by atoms with van der Waals surface area (Å²) in [5.74, 6) is 0.854. The van der Waals surface area contributed by atoms with Crippen molar-refractivity contribution >= 4 is 11.9 Å². The molecule has 0 radical (unpaired) electrons. The molecule has 0 saturated carbocycles. The number of nitrogens with zero attached hydrogens (tertiary/aromatic N) is 2. The van der Waals surface area contributed by atoms with Gasteiger partial charge in [0.1, 0.15) is 5.75 Å². The predicted octanol–water partition coefficient (Wildman–Crippen LogP) is 4.24. The number of aryl methyl sites for hydroxylation is 1. The minimum Gasteiger partial charge on any atom is -0.497 e. The van der Waals surface area contributed by atoms with Crippen molar-refractivity contribution in [3.8, 4) is 11.4 Å². The van der Waals surface area contributed by atoms with Crippen LogP contribution in [0.15, 0.2) is 72.0 Å². The van der Waals surface area contributed by atoms with Crippen LogP contribution < -0.4 is 10.2 Å². The van der Waals surface area contributed by atoms with Crippen LogP contribution in [-0.2, 0) is 0 Å². The number of para-hydroxylation sites is 1. The van der Waals surface area contributed by atoms with Crippen molar-refractivity contribution in [3.05, 3.63) is 78.1 Å². The van der Waals surface area contributed by atoms with E-state index in [9.17, 15) is 0 Å². The molecular formula is C19H19N3O. The van der Waals surface area contributed by atoms with E-state index in [1.54, 1.807) is 7.11 Å². The number of ether oxygens (including phenoxy) is 1. The minimum atomic E-state index is 0.854. The highest BCUT2D eigenvalue weighted by Gasteiger charge is 2.03. The van der Waals surface area contributed by atoms with Crippen LogP contribution in [0.4, 0.5) is 5.69 Å². The van der Waals surface area contributed by atoms with Crippen molar-refractivity contribution in [2.75, 3.05) is 12.5 Å². The van der Waals surface area contributed by atoms with Gasteiger partial charge in [0.15, 0.2) is 0 Å². The van der Waals surface area contributed by atoms with E-state index >= 15 is 0 Å². The van der Waals surface area contributed by atoms with Crippen LogP contribution in [0.25, 0.3) is 5.69 Å². The van der Waals surface area contributed by atoms with Crippen LogP contribution >= 0.6 is 0 Å². The zero-order valence-electron chi connectivity index (χ0n) is 13.2. The molecular weight excluding hydrogens is 286 g/mol. The number of benzene rings is 2. The Hall–Kier alpha value is -3.01. The Balaban J connectivity index is 1.75. The second-order valence-electron chi connectivity index (χ2n) is 5.22. The Morgan fingerprint density at radius 1 is 1.04 bits per heavy atom. The zero-order chi connectivity index (χ0) is 16.1. The number of hydrogen-bond donors (Lipinski definition) is 1. The SMILES string of the molecule is COc1ccc(-n2cc(/C=N\Nc3ccccc3)cc2C)cc1. The number of anilines is 1. The average Bonchev–Trinajstić information content (AvgIpc) is 2.97. The average molecular weight is 305 g/mol. The number of rotatable bonds is 5. The van der Waals surface area contributed by atoms with Gasteiger partial charge in [0, 0.05) is 23.1 Å². The van der Waals surface area contributed by atoms with Gasteiger partial charge < -0.3 is 9.30 Å². The molecule has 23 heavy (non-hydrogen) atoms. The van der Waals surface area contributed by atoms with Crippen LogP contribution in [0.3, 0.4) is 0 Å². The van der Waals surface area contributed by atoms with Gasteiger partial charge in [-0.3, -0.25) is 5.43 Å². The van der Waals surface area contributed by atoms with E-state index < -0.39 is 0 Å². The van der Waals surface area contributed by atoms with Gasteiger partial charge in [-0.1, -0.05) is 18.2 Å². The maximum atomic E-state index is 5.20. The van der Waals surface area contributed by atoms with Crippen molar-refractivity contribution in [2.24, 2.45) is 5.10 Å². The third-order valence-corrected chi connectivity index (χ3v) is 3.57. The number of hydrogen-bond acceptors (Lipinski definition) is 3. The summed E-state index contributed by atoms with van der Waals surface area (Å²) < 4.78 is 7.33. The summed E-state index contributed by atoms with van der Waals surface area (Å²) in [5, 5.41) is 4.28. The lowest BCUT2D eigenvalue weighted by atomic mass is 10.3. The molecule has 0 bridgehead atoms. The summed E-state index contributed by atoms with van der Waals surface area (Å²) >= 11 is 0. The van der Waals surface area contributed by atoms with Gasteiger partial charge in [0.05, 0.1) is 19.0 Å². The van der Waals surface area contributed by atoms with Crippen molar-refractivity contribution in [2.45, 2.75) is 6.92 Å². The van der Waals surface area contributed by atoms with Crippen molar-refractivity contribution in [1.82, 2.24) is 4.57 Å². The molecule has 0 saturated heterocycles. The molecule has 0 unspecified atom stereocenters. The quantitative estimate of drug-likeness (QED) is 0.565. The second-order valence-corrected chi connectivity index (χ2v) is 5.22. The molecule has 0 atom stereocenters. The normalized spacial score (nSPS) is 10.9. The van der Waals surface area contributed by atoms with Crippen LogP contribution in [0.2, 0.25) is 0 Å². The van der Waals surface area contributed by atoms with Crippen LogP contribution in [0.5, 0.6) is 5.75 Å². The Morgan fingerprint density at radius 3 is 2.48 bits per heavy atom. The standard InChI is InChI=1S/C19H19N3O/c1-15-12-16(13-20-21-17-6-4-3-5-7-17)14-22(15)18-8-10-19(23-2)11-9-18/h3-14,21H,1-2H3/b20-13-. The number of methoxy groups -OCH3 is 1. The lowest BCUT2D eigenvalue weighted by Crippen LogP contribution is -1.94. The smallest absolute Gasteiger partial charge is 0.119 e. The van der Waals surface area contributed by atoms with Crippen LogP contribution in [0, 0.1) is 6.92 Å². The summed E-state index contributed by atoms with van der Waals surface area (Å²) in [5.41, 5.74) is 7.28. The largest absolute Gasteiger partial charge is 0.497 e. The molecule has 4 nitrogen and oxygen atoms in total. The molecule has 3 aromatic rings. The molecule has 0 amide bonds. The first-order chi connectivity index (χ1) is 11.3. The molecule has 1 aromatic heterocycles. The van der Waals surface area contributed by atoms with E-state index in [1.807, 2.05) is 60.8 Å². The maximum Gasteiger partial charge on any atom is 0.119 e. The van der Waals surface area contributed by atoms with Gasteiger partial charge in [-0.15, -0.1) is 0 Å². The van der Waals surface area contributed by atoms with Crippen molar-refractivity contribution in [1.29, 1.82) is 0 Å². The van der Waals surface area contributed by atoms with Gasteiger partial charge in [-0.2, -0.15) is 5.10 Å². The third-order valence-electron chi connectivity index (χ3n) is 3.57. The Morgan fingerprint density at radius 2 is 1.78 bits per heavy atom. The highest BCUT2D eigenvalue weighted by molar-refractivity contribution is 5.80. The Kier molecular flexibility index (Phi) is 4.43. The number of aromatic nitrogens is 1. The lowest BCUT2D eigenvalue weighted by molar-refractivity contribution is 0.414. The molecule has 0 spiro atoms. The van der Waals surface area contributed by atoms with E-state index in [1.165, 1.54) is 0 Å². The van der Waals surface area contributed by atoms with Crippen molar-refractivity contribution in [3.63, 3.8) is 0 Å². The maximum absolute atomic E-state index is 5.20. The summed E-state index contributed by atoms with van der Waals surface area (Å²) in [4.78, 5) is 0. The fourth-order valence-corrected chi connectivity index (χ4v) is 2.38. The topological polar surface area (TPSA) is 38.5 Å². The van der Waals surface area contributed by atoms with Gasteiger partial charge in [0.2, 0.25) is 0 Å². The highest BCUT2D eigenvalue weighted by atomic mass is 16.5. The van der Waals surface area contributed by atoms with Gasteiger partial charge in [-0.25, -0.2) is 0 Å². The number of nitrogens with one attached hydrogen (secondary N) is 1. The van der Waals surface area contributed by atoms with E-state index in [-0.39, 0.29) is 0 Å². The monoisotopic (exact) mass is 305 g/mol. The molecule has 1 heterocycles. The molecule has 1 N–H and O–H groups in total. The molecule has 0 aliphatic heterocycles. The van der Waals surface area contributed by atoms with Gasteiger partial charge in [-0.05, 0) is 49.4 Å². The second kappa shape index (κ2) is 6.83. The molecule has 116 valence electrons. The predicted molar refractivity (Wildman–Crippen MR) is 94.7 cm³/mol. The van der Waals surface area contributed by atoms with E-state index in [0.29, 0.717) is 0 Å². The van der Waals surface area contributed by atoms with Crippen LogP contribution in [-0.4, -0.2) is 17.9 Å². The minimum absolute atomic E-state index is 0.854. The summed E-state index contributed by atoms with van der Waals surface area (Å²) in [6, 6.07) is 20.0. The van der Waals surface area contributed by atoms with Crippen molar-refractivity contribution < 1.29 is 4.74 Å². The molecule has 0 fully saturated rings.